The van der Waals surface area contributed by atoms with Gasteiger partial charge in [0.2, 0.25) is 0 Å². The zero-order chi connectivity index (χ0) is 10.2. The number of rotatable bonds is 6. The Morgan fingerprint density at radius 1 is 1.57 bits per heavy atom. The summed E-state index contributed by atoms with van der Waals surface area (Å²) in [5.74, 6) is 7.56. The first-order valence-corrected chi connectivity index (χ1v) is 5.28. The molecule has 0 aromatic heterocycles. The Morgan fingerprint density at radius 3 is 3.07 bits per heavy atom. The van der Waals surface area contributed by atoms with Gasteiger partial charge in [0.15, 0.2) is 0 Å². The van der Waals surface area contributed by atoms with E-state index < -0.39 is 0 Å². The van der Waals surface area contributed by atoms with Crippen molar-refractivity contribution in [2.24, 2.45) is 4.99 Å². The standard InChI is InChI=1S/C9H17N3OP/c10-12(7-8-13-14)6-4-9-3-1-2-5-11-9/h2,5,10H,1,3-4,6-8,14H2/q-1. The highest BCUT2D eigenvalue weighted by Gasteiger charge is 2.01. The van der Waals surface area contributed by atoms with E-state index in [1.54, 1.807) is 0 Å². The Hall–Kier alpha value is -0.280. The molecule has 0 bridgehead atoms. The lowest BCUT2D eigenvalue weighted by Crippen LogP contribution is -2.22. The first-order valence-electron chi connectivity index (χ1n) is 4.81. The van der Waals surface area contributed by atoms with Crippen LogP contribution >= 0.6 is 9.47 Å². The molecule has 14 heavy (non-hydrogen) atoms. The molecule has 0 radical (unpaired) electrons. The third-order valence-corrected chi connectivity index (χ3v) is 2.35. The van der Waals surface area contributed by atoms with Crippen molar-refractivity contribution in [1.29, 1.82) is 0 Å². The summed E-state index contributed by atoms with van der Waals surface area (Å²) in [4.78, 5) is 4.27. The molecule has 5 heteroatoms. The van der Waals surface area contributed by atoms with E-state index in [1.165, 1.54) is 10.7 Å². The van der Waals surface area contributed by atoms with Gasteiger partial charge in [0.25, 0.3) is 0 Å². The first kappa shape index (κ1) is 11.8. The molecule has 0 amide bonds. The van der Waals surface area contributed by atoms with Crippen molar-refractivity contribution in [2.75, 3.05) is 19.7 Å². The first-order chi connectivity index (χ1) is 6.83. The lowest BCUT2D eigenvalue weighted by Gasteiger charge is -2.26. The van der Waals surface area contributed by atoms with E-state index in [-0.39, 0.29) is 0 Å². The molecule has 1 atom stereocenters. The average Bonchev–Trinajstić information content (AvgIpc) is 2.25. The minimum atomic E-state index is 0.584. The van der Waals surface area contributed by atoms with Gasteiger partial charge < -0.3 is 15.4 Å². The van der Waals surface area contributed by atoms with Crippen molar-refractivity contribution in [3.05, 3.63) is 18.1 Å². The van der Waals surface area contributed by atoms with Crippen molar-refractivity contribution >= 4 is 15.2 Å². The maximum atomic E-state index is 7.56. The van der Waals surface area contributed by atoms with Crippen molar-refractivity contribution in [3.63, 3.8) is 0 Å². The molecule has 80 valence electrons. The Balaban J connectivity index is 2.12. The number of aliphatic imine (C=N–C) groups is 1. The summed E-state index contributed by atoms with van der Waals surface area (Å²) in [5.41, 5.74) is 1.21. The summed E-state index contributed by atoms with van der Waals surface area (Å²) >= 11 is 0. The quantitative estimate of drug-likeness (QED) is 0.502. The highest BCUT2D eigenvalue weighted by Crippen LogP contribution is 2.06. The van der Waals surface area contributed by atoms with E-state index in [0.29, 0.717) is 13.2 Å². The molecule has 0 saturated heterocycles. The molecule has 0 saturated carbocycles. The molecule has 0 aromatic carbocycles. The predicted octanol–water partition coefficient (Wildman–Crippen LogP) is 2.20. The van der Waals surface area contributed by atoms with Crippen LogP contribution in [0.4, 0.5) is 0 Å². The minimum Gasteiger partial charge on any atom is -0.610 e. The molecule has 0 aromatic rings. The number of nitrogens with zero attached hydrogens (tertiary/aromatic N) is 2. The minimum absolute atomic E-state index is 0.584. The Bertz CT molecular complexity index is 218. The van der Waals surface area contributed by atoms with E-state index in [4.69, 9.17) is 10.4 Å². The summed E-state index contributed by atoms with van der Waals surface area (Å²) in [6.45, 7) is 1.97. The molecule has 1 unspecified atom stereocenters. The summed E-state index contributed by atoms with van der Waals surface area (Å²) in [6.07, 6.45) is 6.96. The van der Waals surface area contributed by atoms with E-state index in [1.807, 2.05) is 6.20 Å². The zero-order valence-corrected chi connectivity index (χ0v) is 9.43. The second-order valence-corrected chi connectivity index (χ2v) is 3.56. The smallest absolute Gasteiger partial charge is 0.0614 e. The SMILES string of the molecule is [NH-]N(CCOP)CCC1=NC=CCC1. The van der Waals surface area contributed by atoms with Crippen molar-refractivity contribution in [1.82, 2.24) is 5.01 Å². The Labute approximate surface area is 87.5 Å². The van der Waals surface area contributed by atoms with Crippen LogP contribution in [-0.4, -0.2) is 30.4 Å². The average molecular weight is 214 g/mol. The maximum Gasteiger partial charge on any atom is 0.0614 e. The molecule has 1 heterocycles. The molecular weight excluding hydrogens is 197 g/mol. The lowest BCUT2D eigenvalue weighted by atomic mass is 10.1. The second kappa shape index (κ2) is 7.07. The third kappa shape index (κ3) is 4.82. The normalized spacial score (nSPS) is 16.1. The number of nitrogens with one attached hydrogen (secondary N) is 1. The fourth-order valence-electron chi connectivity index (χ4n) is 1.28. The van der Waals surface area contributed by atoms with Gasteiger partial charge in [-0.1, -0.05) is 6.08 Å². The van der Waals surface area contributed by atoms with Crippen molar-refractivity contribution in [2.45, 2.75) is 19.3 Å². The van der Waals surface area contributed by atoms with E-state index >= 15 is 0 Å². The van der Waals surface area contributed by atoms with E-state index in [0.717, 1.165) is 25.8 Å². The predicted molar refractivity (Wildman–Crippen MR) is 62.0 cm³/mol. The van der Waals surface area contributed by atoms with Gasteiger partial charge >= 0.3 is 0 Å². The molecule has 1 aliphatic heterocycles. The molecule has 1 aliphatic rings. The van der Waals surface area contributed by atoms with Crippen LogP contribution in [0.1, 0.15) is 19.3 Å². The highest BCUT2D eigenvalue weighted by molar-refractivity contribution is 7.09. The van der Waals surface area contributed by atoms with Gasteiger partial charge in [-0.2, -0.15) is 0 Å². The summed E-state index contributed by atoms with van der Waals surface area (Å²) in [6, 6.07) is 0. The fraction of sp³-hybridized carbons (Fsp3) is 0.667. The highest BCUT2D eigenvalue weighted by atomic mass is 31.0. The van der Waals surface area contributed by atoms with Crippen LogP contribution in [0, 0.1) is 0 Å². The summed E-state index contributed by atoms with van der Waals surface area (Å²) < 4.78 is 4.82. The van der Waals surface area contributed by atoms with E-state index in [2.05, 4.69) is 20.5 Å². The van der Waals surface area contributed by atoms with Crippen LogP contribution < -0.4 is 0 Å². The Morgan fingerprint density at radius 2 is 2.43 bits per heavy atom. The lowest BCUT2D eigenvalue weighted by molar-refractivity contribution is 0.285. The van der Waals surface area contributed by atoms with Crippen LogP contribution in [0.5, 0.6) is 0 Å². The molecule has 0 spiro atoms. The van der Waals surface area contributed by atoms with Crippen LogP contribution in [0.25, 0.3) is 5.84 Å². The molecule has 1 rings (SSSR count). The largest absolute Gasteiger partial charge is 0.610 e. The van der Waals surface area contributed by atoms with Gasteiger partial charge in [-0.3, -0.25) is 4.99 Å². The fourth-order valence-corrected chi connectivity index (χ4v) is 1.38. The van der Waals surface area contributed by atoms with Crippen LogP contribution in [-0.2, 0) is 4.52 Å². The van der Waals surface area contributed by atoms with Gasteiger partial charge in [0.05, 0.1) is 6.61 Å². The summed E-state index contributed by atoms with van der Waals surface area (Å²) in [7, 11) is 2.19. The van der Waals surface area contributed by atoms with Crippen LogP contribution in [0.15, 0.2) is 17.3 Å². The van der Waals surface area contributed by atoms with Gasteiger partial charge in [-0.25, -0.2) is 0 Å². The monoisotopic (exact) mass is 214 g/mol. The van der Waals surface area contributed by atoms with Crippen LogP contribution in [0.2, 0.25) is 0 Å². The molecular formula is C9H17N3OP-. The molecule has 0 fully saturated rings. The third-order valence-electron chi connectivity index (χ3n) is 2.11. The molecule has 4 nitrogen and oxygen atoms in total. The van der Waals surface area contributed by atoms with Gasteiger partial charge in [-0.05, 0) is 25.8 Å². The number of allylic oxidation sites excluding steroid dienone is 1. The molecule has 0 aliphatic carbocycles. The second-order valence-electron chi connectivity index (χ2n) is 3.23. The van der Waals surface area contributed by atoms with E-state index in [9.17, 15) is 0 Å². The zero-order valence-electron chi connectivity index (χ0n) is 8.28. The Kier molecular flexibility index (Phi) is 5.96. The molecule has 1 N–H and O–H groups in total. The van der Waals surface area contributed by atoms with Gasteiger partial charge in [0, 0.05) is 27.9 Å². The topological polar surface area (TPSA) is 48.6 Å². The van der Waals surface area contributed by atoms with Gasteiger partial charge in [-0.15, -0.1) is 0 Å². The number of hydrogen-bond acceptors (Lipinski definition) is 3. The van der Waals surface area contributed by atoms with Crippen molar-refractivity contribution < 1.29 is 4.52 Å². The summed E-state index contributed by atoms with van der Waals surface area (Å²) in [5, 5.41) is 1.52. The maximum absolute atomic E-state index is 7.56. The van der Waals surface area contributed by atoms with Crippen molar-refractivity contribution in [3.8, 4) is 0 Å². The number of hydrogen-bond donors (Lipinski definition) is 0. The van der Waals surface area contributed by atoms with Crippen LogP contribution in [0.3, 0.4) is 0 Å². The van der Waals surface area contributed by atoms with Gasteiger partial charge in [0.1, 0.15) is 0 Å².